The van der Waals surface area contributed by atoms with Gasteiger partial charge in [-0.15, -0.1) is 0 Å². The zero-order valence-electron chi connectivity index (χ0n) is 28.5. The van der Waals surface area contributed by atoms with Crippen molar-refractivity contribution >= 4 is 27.8 Å². The van der Waals surface area contributed by atoms with E-state index in [1.165, 1.54) is 60.8 Å². The Labute approximate surface area is 285 Å². The lowest BCUT2D eigenvalue weighted by atomic mass is 9.82. The van der Waals surface area contributed by atoms with E-state index >= 15 is 0 Å². The molecule has 1 aliphatic carbocycles. The second-order valence-corrected chi connectivity index (χ2v) is 14.6. The highest BCUT2D eigenvalue weighted by atomic mass is 15.1. The van der Waals surface area contributed by atoms with Crippen molar-refractivity contribution in [3.8, 4) is 33.4 Å². The van der Waals surface area contributed by atoms with Crippen LogP contribution >= 0.6 is 0 Å². The predicted molar refractivity (Wildman–Crippen MR) is 206 cm³/mol. The smallest absolute Gasteiger partial charge is 0.0540 e. The zero-order chi connectivity index (χ0) is 33.0. The normalized spacial score (nSPS) is 13.3. The molecular weight excluding hydrogens is 579 g/mol. The van der Waals surface area contributed by atoms with Crippen LogP contribution in [0.4, 0.5) is 17.1 Å². The molecule has 0 unspecified atom stereocenters. The maximum absolute atomic E-state index is 2.46. The van der Waals surface area contributed by atoms with Crippen LogP contribution in [0, 0.1) is 0 Å². The Balaban J connectivity index is 1.35. The van der Waals surface area contributed by atoms with Gasteiger partial charge in [0.05, 0.1) is 5.69 Å². The summed E-state index contributed by atoms with van der Waals surface area (Å²) in [6.45, 7) is 11.6. The monoisotopic (exact) mass is 619 g/mol. The summed E-state index contributed by atoms with van der Waals surface area (Å²) >= 11 is 0. The van der Waals surface area contributed by atoms with Gasteiger partial charge in [0.2, 0.25) is 0 Å². The van der Waals surface area contributed by atoms with Crippen molar-refractivity contribution in [2.24, 2.45) is 0 Å². The van der Waals surface area contributed by atoms with E-state index in [1.54, 1.807) is 0 Å². The molecule has 7 aromatic carbocycles. The quantitative estimate of drug-likeness (QED) is 0.185. The largest absolute Gasteiger partial charge is 0.310 e. The maximum Gasteiger partial charge on any atom is 0.0540 e. The molecule has 0 atom stereocenters. The molecule has 0 fully saturated rings. The number of anilines is 3. The Bertz CT molecular complexity index is 2300. The second kappa shape index (κ2) is 11.4. The van der Waals surface area contributed by atoms with Crippen molar-refractivity contribution in [1.82, 2.24) is 0 Å². The molecule has 234 valence electrons. The average molecular weight is 620 g/mol. The molecule has 1 aliphatic rings. The van der Waals surface area contributed by atoms with Crippen LogP contribution in [0.3, 0.4) is 0 Å². The maximum atomic E-state index is 2.46. The van der Waals surface area contributed by atoms with Crippen molar-refractivity contribution in [3.63, 3.8) is 0 Å². The number of fused-ring (bicyclic) bond motifs is 4. The Kier molecular flexibility index (Phi) is 7.11. The van der Waals surface area contributed by atoms with Gasteiger partial charge in [0, 0.05) is 22.4 Å². The summed E-state index contributed by atoms with van der Waals surface area (Å²) < 4.78 is 0. The van der Waals surface area contributed by atoms with Crippen molar-refractivity contribution in [2.75, 3.05) is 4.90 Å². The van der Waals surface area contributed by atoms with Gasteiger partial charge in [-0.1, -0.05) is 162 Å². The van der Waals surface area contributed by atoms with Gasteiger partial charge in [0.15, 0.2) is 0 Å². The molecule has 0 bridgehead atoms. The van der Waals surface area contributed by atoms with Gasteiger partial charge in [-0.05, 0) is 91.0 Å². The van der Waals surface area contributed by atoms with Crippen LogP contribution in [0.15, 0.2) is 158 Å². The Morgan fingerprint density at radius 3 is 1.83 bits per heavy atom. The molecule has 0 amide bonds. The van der Waals surface area contributed by atoms with Crippen LogP contribution in [-0.4, -0.2) is 0 Å². The number of hydrogen-bond donors (Lipinski definition) is 0. The lowest BCUT2D eigenvalue weighted by molar-refractivity contribution is 0.596. The SMILES string of the molecule is CC(C)(C)c1ccc(-c2cccc(N(c3ccc4c(c3)C(C)(C)c3ccccc3-4)c3ccccc3-c3ccccc3)c2)c2ccccc12. The summed E-state index contributed by atoms with van der Waals surface area (Å²) in [5.74, 6) is 0. The molecule has 0 spiro atoms. The Morgan fingerprint density at radius 1 is 0.438 bits per heavy atom. The molecule has 48 heavy (non-hydrogen) atoms. The minimum absolute atomic E-state index is 0.0545. The van der Waals surface area contributed by atoms with Crippen LogP contribution in [0.5, 0.6) is 0 Å². The first kappa shape index (κ1) is 30.0. The number of benzene rings is 7. The molecule has 0 aliphatic heterocycles. The number of nitrogens with zero attached hydrogens (tertiary/aromatic N) is 1. The van der Waals surface area contributed by atoms with Gasteiger partial charge in [-0.2, -0.15) is 0 Å². The Hall–Kier alpha value is -5.40. The van der Waals surface area contributed by atoms with Crippen molar-refractivity contribution in [3.05, 3.63) is 174 Å². The fourth-order valence-electron chi connectivity index (χ4n) is 7.81. The van der Waals surface area contributed by atoms with Crippen LogP contribution in [0.1, 0.15) is 51.3 Å². The van der Waals surface area contributed by atoms with E-state index in [1.807, 2.05) is 0 Å². The van der Waals surface area contributed by atoms with Gasteiger partial charge in [0.1, 0.15) is 0 Å². The molecule has 0 N–H and O–H groups in total. The first-order valence-electron chi connectivity index (χ1n) is 17.0. The van der Waals surface area contributed by atoms with Gasteiger partial charge in [0.25, 0.3) is 0 Å². The van der Waals surface area contributed by atoms with Crippen molar-refractivity contribution in [2.45, 2.75) is 45.4 Å². The second-order valence-electron chi connectivity index (χ2n) is 14.6. The topological polar surface area (TPSA) is 3.24 Å². The summed E-state index contributed by atoms with van der Waals surface area (Å²) in [7, 11) is 0. The zero-order valence-corrected chi connectivity index (χ0v) is 28.5. The Morgan fingerprint density at radius 2 is 1.04 bits per heavy atom. The minimum Gasteiger partial charge on any atom is -0.310 e. The molecule has 0 saturated heterocycles. The molecule has 0 heterocycles. The van der Waals surface area contributed by atoms with E-state index in [-0.39, 0.29) is 10.8 Å². The predicted octanol–water partition coefficient (Wildman–Crippen LogP) is 13.2. The fourth-order valence-corrected chi connectivity index (χ4v) is 7.81. The van der Waals surface area contributed by atoms with E-state index in [9.17, 15) is 0 Å². The standard InChI is InChI=1S/C47H41N/c1-46(2,3)42-29-28-36(38-21-9-10-22-39(38)42)33-18-15-19-34(30-33)48(45-25-14-12-20-37(45)32-16-7-6-8-17-32)35-26-27-41-40-23-11-13-24-43(40)47(4,5)44(41)31-35/h6-31H,1-5H3. The van der Waals surface area contributed by atoms with Crippen molar-refractivity contribution in [1.29, 1.82) is 0 Å². The molecule has 1 heteroatoms. The summed E-state index contributed by atoms with van der Waals surface area (Å²) in [6, 6.07) is 58.1. The van der Waals surface area contributed by atoms with E-state index in [4.69, 9.17) is 0 Å². The highest BCUT2D eigenvalue weighted by molar-refractivity contribution is 6.00. The molecular formula is C47H41N. The highest BCUT2D eigenvalue weighted by Gasteiger charge is 2.36. The minimum atomic E-state index is -0.0951. The molecule has 1 nitrogen and oxygen atoms in total. The van der Waals surface area contributed by atoms with E-state index in [0.717, 1.165) is 17.1 Å². The van der Waals surface area contributed by atoms with E-state index in [2.05, 4.69) is 197 Å². The van der Waals surface area contributed by atoms with Gasteiger partial charge in [-0.3, -0.25) is 0 Å². The third-order valence-electron chi connectivity index (χ3n) is 10.2. The van der Waals surface area contributed by atoms with Crippen LogP contribution in [0.25, 0.3) is 44.2 Å². The molecule has 0 aromatic heterocycles. The van der Waals surface area contributed by atoms with Crippen LogP contribution in [0.2, 0.25) is 0 Å². The highest BCUT2D eigenvalue weighted by Crippen LogP contribution is 2.51. The van der Waals surface area contributed by atoms with E-state index in [0.29, 0.717) is 0 Å². The number of rotatable bonds is 5. The average Bonchev–Trinajstić information content (AvgIpc) is 3.34. The summed E-state index contributed by atoms with van der Waals surface area (Å²) in [5.41, 5.74) is 15.1. The third-order valence-corrected chi connectivity index (χ3v) is 10.2. The third kappa shape index (κ3) is 4.93. The lowest BCUT2D eigenvalue weighted by Gasteiger charge is -2.30. The number of hydrogen-bond acceptors (Lipinski definition) is 1. The lowest BCUT2D eigenvalue weighted by Crippen LogP contribution is -2.17. The summed E-state index contributed by atoms with van der Waals surface area (Å²) in [6.07, 6.45) is 0. The van der Waals surface area contributed by atoms with Crippen molar-refractivity contribution < 1.29 is 0 Å². The summed E-state index contributed by atoms with van der Waals surface area (Å²) in [5, 5.41) is 2.61. The van der Waals surface area contributed by atoms with Crippen LogP contribution in [-0.2, 0) is 10.8 Å². The first-order chi connectivity index (χ1) is 23.2. The van der Waals surface area contributed by atoms with E-state index < -0.39 is 0 Å². The fraction of sp³-hybridized carbons (Fsp3) is 0.149. The summed E-state index contributed by atoms with van der Waals surface area (Å²) in [4.78, 5) is 2.46. The number of para-hydroxylation sites is 1. The first-order valence-corrected chi connectivity index (χ1v) is 17.0. The van der Waals surface area contributed by atoms with Gasteiger partial charge < -0.3 is 4.90 Å². The van der Waals surface area contributed by atoms with Gasteiger partial charge in [-0.25, -0.2) is 0 Å². The molecule has 0 saturated carbocycles. The van der Waals surface area contributed by atoms with Crippen LogP contribution < -0.4 is 4.90 Å². The van der Waals surface area contributed by atoms with Gasteiger partial charge >= 0.3 is 0 Å². The molecule has 7 aromatic rings. The molecule has 8 rings (SSSR count). The molecule has 0 radical (unpaired) electrons.